The summed E-state index contributed by atoms with van der Waals surface area (Å²) in [5.41, 5.74) is 7.00. The van der Waals surface area contributed by atoms with E-state index in [1.165, 1.54) is 19.2 Å². The maximum Gasteiger partial charge on any atom is 0.411 e. The summed E-state index contributed by atoms with van der Waals surface area (Å²) in [5.74, 6) is 0.674. The molecule has 27 heavy (non-hydrogen) atoms. The average molecular weight is 376 g/mol. The van der Waals surface area contributed by atoms with E-state index in [1.54, 1.807) is 18.2 Å². The van der Waals surface area contributed by atoms with Crippen LogP contribution in [0.25, 0.3) is 0 Å². The van der Waals surface area contributed by atoms with Crippen LogP contribution in [-0.4, -0.2) is 34.6 Å². The van der Waals surface area contributed by atoms with Crippen molar-refractivity contribution < 1.29 is 24.9 Å². The number of nitrogens with two attached hydrogens (primary N) is 1. The fourth-order valence-electron chi connectivity index (χ4n) is 3.13. The number of phenols is 1. The molecule has 0 aromatic heterocycles. The van der Waals surface area contributed by atoms with Crippen molar-refractivity contribution in [3.8, 4) is 5.75 Å². The minimum absolute atomic E-state index is 0.116. The van der Waals surface area contributed by atoms with Crippen LogP contribution in [0.3, 0.4) is 0 Å². The summed E-state index contributed by atoms with van der Waals surface area (Å²) in [4.78, 5) is 11.3. The quantitative estimate of drug-likeness (QED) is 0.465. The third-order valence-electron chi connectivity index (χ3n) is 4.90. The van der Waals surface area contributed by atoms with Gasteiger partial charge in [0.25, 0.3) is 0 Å². The number of nitrogens with one attached hydrogen (secondary N) is 1. The first-order valence-corrected chi connectivity index (χ1v) is 8.99. The number of amides is 1. The van der Waals surface area contributed by atoms with Gasteiger partial charge in [-0.1, -0.05) is 19.1 Å². The van der Waals surface area contributed by atoms with Gasteiger partial charge in [-0.3, -0.25) is 5.32 Å². The van der Waals surface area contributed by atoms with Gasteiger partial charge in [0.15, 0.2) is 0 Å². The zero-order chi connectivity index (χ0) is 20.0. The molecule has 7 nitrogen and oxygen atoms in total. The van der Waals surface area contributed by atoms with E-state index in [9.17, 15) is 20.1 Å². The van der Waals surface area contributed by atoms with Crippen LogP contribution in [-0.2, 0) is 4.74 Å². The molecular formula is C20H28N2O5. The molecule has 1 aromatic carbocycles. The molecule has 6 N–H and O–H groups in total. The van der Waals surface area contributed by atoms with Gasteiger partial charge in [-0.2, -0.15) is 0 Å². The number of benzene rings is 1. The first kappa shape index (κ1) is 20.8. The standard InChI is InChI=1S/C20H28N2O5/c1-12(9-13-3-6-15(23)7-4-13)16(21)11-19(25)14-5-8-18(24)17(10-14)22-20(26)27-2/h3,5-8,10,12-13,16,19,23-25H,4,9,11,21H2,1-2H3,(H,22,26)/t12-,13?,16?,19-/m1/s1. The molecule has 0 saturated carbocycles. The number of allylic oxidation sites excluding steroid dienone is 3. The highest BCUT2D eigenvalue weighted by atomic mass is 16.5. The minimum Gasteiger partial charge on any atom is -0.508 e. The fraction of sp³-hybridized carbons (Fsp3) is 0.450. The maximum absolute atomic E-state index is 11.3. The van der Waals surface area contributed by atoms with Crippen LogP contribution in [0.4, 0.5) is 10.5 Å². The van der Waals surface area contributed by atoms with Crippen molar-refractivity contribution in [1.29, 1.82) is 0 Å². The van der Waals surface area contributed by atoms with E-state index in [0.29, 0.717) is 23.7 Å². The zero-order valence-corrected chi connectivity index (χ0v) is 15.6. The molecule has 1 aliphatic rings. The summed E-state index contributed by atoms with van der Waals surface area (Å²) in [6, 6.07) is 4.28. The van der Waals surface area contributed by atoms with Crippen LogP contribution in [0.1, 0.15) is 37.9 Å². The Morgan fingerprint density at radius 1 is 1.41 bits per heavy atom. The number of phenolic OH excluding ortho intramolecular Hbond substituents is 1. The summed E-state index contributed by atoms with van der Waals surface area (Å²) < 4.78 is 4.52. The molecule has 0 bridgehead atoms. The molecule has 1 aromatic rings. The van der Waals surface area contributed by atoms with Crippen LogP contribution in [0.15, 0.2) is 42.2 Å². The number of ether oxygens (including phenoxy) is 1. The first-order chi connectivity index (χ1) is 12.8. The number of anilines is 1. The van der Waals surface area contributed by atoms with Crippen molar-refractivity contribution in [2.45, 2.75) is 38.3 Å². The second-order valence-corrected chi connectivity index (χ2v) is 7.01. The van der Waals surface area contributed by atoms with Crippen molar-refractivity contribution >= 4 is 11.8 Å². The smallest absolute Gasteiger partial charge is 0.411 e. The number of aliphatic hydroxyl groups excluding tert-OH is 2. The Bertz CT molecular complexity index is 716. The van der Waals surface area contributed by atoms with E-state index in [1.807, 2.05) is 13.0 Å². The van der Waals surface area contributed by atoms with Gasteiger partial charge in [-0.15, -0.1) is 0 Å². The van der Waals surface area contributed by atoms with Crippen molar-refractivity contribution in [3.63, 3.8) is 0 Å². The van der Waals surface area contributed by atoms with Gasteiger partial charge in [0.05, 0.1) is 18.9 Å². The van der Waals surface area contributed by atoms with E-state index in [-0.39, 0.29) is 23.4 Å². The molecular weight excluding hydrogens is 348 g/mol. The monoisotopic (exact) mass is 376 g/mol. The molecule has 2 unspecified atom stereocenters. The molecule has 0 aliphatic heterocycles. The second kappa shape index (κ2) is 9.43. The summed E-state index contributed by atoms with van der Waals surface area (Å²) in [7, 11) is 1.23. The molecule has 0 heterocycles. The van der Waals surface area contributed by atoms with E-state index >= 15 is 0 Å². The van der Waals surface area contributed by atoms with E-state index in [0.717, 1.165) is 12.8 Å². The lowest BCUT2D eigenvalue weighted by Crippen LogP contribution is -2.31. The van der Waals surface area contributed by atoms with Gasteiger partial charge >= 0.3 is 6.09 Å². The van der Waals surface area contributed by atoms with Gasteiger partial charge in [0.2, 0.25) is 0 Å². The Morgan fingerprint density at radius 2 is 2.15 bits per heavy atom. The number of hydrogen-bond acceptors (Lipinski definition) is 6. The van der Waals surface area contributed by atoms with Gasteiger partial charge in [-0.25, -0.2) is 4.79 Å². The Labute approximate surface area is 159 Å². The number of carbonyl (C=O) groups excluding carboxylic acids is 1. The predicted molar refractivity (Wildman–Crippen MR) is 103 cm³/mol. The molecule has 2 rings (SSSR count). The number of methoxy groups -OCH3 is 1. The highest BCUT2D eigenvalue weighted by Gasteiger charge is 2.22. The lowest BCUT2D eigenvalue weighted by atomic mass is 9.84. The Balaban J connectivity index is 1.95. The van der Waals surface area contributed by atoms with Gasteiger partial charge in [-0.05, 0) is 60.9 Å². The van der Waals surface area contributed by atoms with E-state index in [2.05, 4.69) is 10.1 Å². The van der Waals surface area contributed by atoms with Crippen LogP contribution in [0.2, 0.25) is 0 Å². The normalized spacial score (nSPS) is 19.7. The molecule has 148 valence electrons. The number of hydrogen-bond donors (Lipinski definition) is 5. The van der Waals surface area contributed by atoms with E-state index < -0.39 is 12.2 Å². The van der Waals surface area contributed by atoms with Crippen molar-refractivity contribution in [1.82, 2.24) is 0 Å². The van der Waals surface area contributed by atoms with Gasteiger partial charge in [0, 0.05) is 6.04 Å². The van der Waals surface area contributed by atoms with Crippen molar-refractivity contribution in [3.05, 3.63) is 47.7 Å². The summed E-state index contributed by atoms with van der Waals surface area (Å²) in [5, 5.41) is 32.1. The molecule has 7 heteroatoms. The summed E-state index contributed by atoms with van der Waals surface area (Å²) in [6.45, 7) is 2.05. The molecule has 1 aliphatic carbocycles. The molecule has 0 fully saturated rings. The predicted octanol–water partition coefficient (Wildman–Crippen LogP) is 3.37. The first-order valence-electron chi connectivity index (χ1n) is 8.99. The number of carbonyl (C=O) groups is 1. The Hall–Kier alpha value is -2.51. The topological polar surface area (TPSA) is 125 Å². The second-order valence-electron chi connectivity index (χ2n) is 7.01. The zero-order valence-electron chi connectivity index (χ0n) is 15.6. The molecule has 4 atom stereocenters. The third kappa shape index (κ3) is 6.01. The number of rotatable bonds is 7. The maximum atomic E-state index is 11.3. The molecule has 1 amide bonds. The van der Waals surface area contributed by atoms with Crippen molar-refractivity contribution in [2.24, 2.45) is 17.6 Å². The number of aliphatic hydroxyl groups is 2. The highest BCUT2D eigenvalue weighted by molar-refractivity contribution is 5.86. The van der Waals surface area contributed by atoms with Crippen LogP contribution < -0.4 is 11.1 Å². The number of aromatic hydroxyl groups is 1. The Kier molecular flexibility index (Phi) is 7.27. The lowest BCUT2D eigenvalue weighted by Gasteiger charge is -2.26. The third-order valence-corrected chi connectivity index (χ3v) is 4.90. The Morgan fingerprint density at radius 3 is 2.78 bits per heavy atom. The van der Waals surface area contributed by atoms with Gasteiger partial charge in [0.1, 0.15) is 11.5 Å². The fourth-order valence-corrected chi connectivity index (χ4v) is 3.13. The largest absolute Gasteiger partial charge is 0.508 e. The van der Waals surface area contributed by atoms with Crippen LogP contribution in [0.5, 0.6) is 5.75 Å². The molecule has 0 saturated heterocycles. The molecule has 0 radical (unpaired) electrons. The van der Waals surface area contributed by atoms with Crippen LogP contribution >= 0.6 is 0 Å². The average Bonchev–Trinajstić information content (AvgIpc) is 2.65. The van der Waals surface area contributed by atoms with E-state index in [4.69, 9.17) is 5.73 Å². The van der Waals surface area contributed by atoms with Crippen molar-refractivity contribution in [2.75, 3.05) is 12.4 Å². The van der Waals surface area contributed by atoms with Gasteiger partial charge < -0.3 is 25.8 Å². The lowest BCUT2D eigenvalue weighted by molar-refractivity contribution is 0.145. The SMILES string of the molecule is COC(=O)Nc1cc([C@H](O)CC(N)[C@H](C)CC2C=CC(O)=CC2)ccc1O. The summed E-state index contributed by atoms with van der Waals surface area (Å²) in [6.07, 6.45) is 5.94. The highest BCUT2D eigenvalue weighted by Crippen LogP contribution is 2.31. The van der Waals surface area contributed by atoms with Crippen LogP contribution in [0, 0.1) is 11.8 Å². The molecule has 0 spiro atoms. The minimum atomic E-state index is -0.827. The summed E-state index contributed by atoms with van der Waals surface area (Å²) >= 11 is 0.